The van der Waals surface area contributed by atoms with E-state index in [1.54, 1.807) is 36.4 Å². The molecule has 128 valence electrons. The first-order chi connectivity index (χ1) is 11.3. The van der Waals surface area contributed by atoms with Crippen molar-refractivity contribution in [3.63, 3.8) is 0 Å². The van der Waals surface area contributed by atoms with Crippen LogP contribution in [0.5, 0.6) is 5.75 Å². The third-order valence-corrected chi connectivity index (χ3v) is 4.48. The van der Waals surface area contributed by atoms with Crippen LogP contribution in [0, 0.1) is 0 Å². The predicted octanol–water partition coefficient (Wildman–Crippen LogP) is 2.43. The van der Waals surface area contributed by atoms with Crippen molar-refractivity contribution in [2.75, 3.05) is 6.26 Å². The van der Waals surface area contributed by atoms with Gasteiger partial charge in [-0.1, -0.05) is 37.3 Å². The second-order valence-corrected chi connectivity index (χ2v) is 7.91. The molecule has 1 amide bonds. The first-order valence-electron chi connectivity index (χ1n) is 7.64. The molecule has 0 aromatic heterocycles. The van der Waals surface area contributed by atoms with E-state index in [4.69, 9.17) is 0 Å². The van der Waals surface area contributed by atoms with Crippen LogP contribution in [-0.2, 0) is 28.6 Å². The van der Waals surface area contributed by atoms with E-state index in [1.807, 2.05) is 6.92 Å². The molecule has 0 aliphatic heterocycles. The van der Waals surface area contributed by atoms with Crippen molar-refractivity contribution in [2.45, 2.75) is 25.6 Å². The van der Waals surface area contributed by atoms with Gasteiger partial charge in [0.05, 0.1) is 11.3 Å². The van der Waals surface area contributed by atoms with Gasteiger partial charge in [-0.2, -0.15) is 0 Å². The number of rotatable bonds is 6. The molecule has 0 spiro atoms. The quantitative estimate of drug-likeness (QED) is 0.841. The Balaban J connectivity index is 2.01. The SMILES string of the molecule is CCc1ccc(O)c(C(=O)NCc2ccc(CS(C)(=O)=O)cc2)c1. The number of nitrogens with one attached hydrogen (secondary N) is 1. The monoisotopic (exact) mass is 347 g/mol. The van der Waals surface area contributed by atoms with Crippen molar-refractivity contribution < 1.29 is 18.3 Å². The van der Waals surface area contributed by atoms with Crippen molar-refractivity contribution in [3.05, 3.63) is 64.7 Å². The topological polar surface area (TPSA) is 83.5 Å². The molecule has 0 saturated heterocycles. The predicted molar refractivity (Wildman–Crippen MR) is 93.6 cm³/mol. The number of aryl methyl sites for hydroxylation is 1. The Hall–Kier alpha value is -2.34. The summed E-state index contributed by atoms with van der Waals surface area (Å²) in [5, 5.41) is 12.6. The van der Waals surface area contributed by atoms with Crippen molar-refractivity contribution in [3.8, 4) is 5.75 Å². The molecule has 0 aliphatic rings. The molecule has 0 bridgehead atoms. The summed E-state index contributed by atoms with van der Waals surface area (Å²) in [7, 11) is -3.06. The number of hydrogen-bond donors (Lipinski definition) is 2. The summed E-state index contributed by atoms with van der Waals surface area (Å²) in [6.45, 7) is 2.28. The summed E-state index contributed by atoms with van der Waals surface area (Å²) in [6.07, 6.45) is 1.97. The molecule has 0 aliphatic carbocycles. The van der Waals surface area contributed by atoms with Gasteiger partial charge in [0.1, 0.15) is 5.75 Å². The lowest BCUT2D eigenvalue weighted by Gasteiger charge is -2.09. The highest BCUT2D eigenvalue weighted by atomic mass is 32.2. The number of amides is 1. The Kier molecular flexibility index (Phi) is 5.62. The number of aromatic hydroxyl groups is 1. The van der Waals surface area contributed by atoms with Crippen LogP contribution in [0.15, 0.2) is 42.5 Å². The maximum Gasteiger partial charge on any atom is 0.255 e. The molecular weight excluding hydrogens is 326 g/mol. The van der Waals surface area contributed by atoms with Crippen molar-refractivity contribution >= 4 is 15.7 Å². The molecule has 0 unspecified atom stereocenters. The number of carbonyl (C=O) groups excluding carboxylic acids is 1. The lowest BCUT2D eigenvalue weighted by atomic mass is 10.1. The summed E-state index contributed by atoms with van der Waals surface area (Å²) in [5.41, 5.74) is 2.79. The Labute approximate surface area is 142 Å². The first-order valence-corrected chi connectivity index (χ1v) is 9.70. The Bertz CT molecular complexity index is 827. The van der Waals surface area contributed by atoms with Crippen LogP contribution < -0.4 is 5.32 Å². The largest absolute Gasteiger partial charge is 0.507 e. The average molecular weight is 347 g/mol. The minimum atomic E-state index is -3.06. The summed E-state index contributed by atoms with van der Waals surface area (Å²) in [4.78, 5) is 12.2. The van der Waals surface area contributed by atoms with Crippen LogP contribution in [-0.4, -0.2) is 25.7 Å². The van der Waals surface area contributed by atoms with Gasteiger partial charge in [0, 0.05) is 12.8 Å². The molecule has 2 rings (SSSR count). The van der Waals surface area contributed by atoms with Crippen LogP contribution in [0.25, 0.3) is 0 Å². The molecule has 5 nitrogen and oxygen atoms in total. The normalized spacial score (nSPS) is 11.2. The standard InChI is InChI=1S/C18H21NO4S/c1-3-13-8-9-17(20)16(10-13)18(21)19-11-14-4-6-15(7-5-14)12-24(2,22)23/h4-10,20H,3,11-12H2,1-2H3,(H,19,21). The summed E-state index contributed by atoms with van der Waals surface area (Å²) < 4.78 is 22.5. The van der Waals surface area contributed by atoms with Gasteiger partial charge in [-0.05, 0) is 35.2 Å². The fourth-order valence-corrected chi connectivity index (χ4v) is 3.12. The van der Waals surface area contributed by atoms with Crippen LogP contribution in [0.4, 0.5) is 0 Å². The number of phenolic OH excluding ortho intramolecular Hbond substituents is 1. The van der Waals surface area contributed by atoms with Crippen LogP contribution in [0.2, 0.25) is 0 Å². The lowest BCUT2D eigenvalue weighted by Crippen LogP contribution is -2.23. The number of phenols is 1. The molecule has 2 N–H and O–H groups in total. The van der Waals surface area contributed by atoms with E-state index in [-0.39, 0.29) is 23.0 Å². The third kappa shape index (κ3) is 5.09. The molecule has 0 atom stereocenters. The van der Waals surface area contributed by atoms with Gasteiger partial charge in [0.2, 0.25) is 0 Å². The Morgan fingerprint density at radius 1 is 1.04 bits per heavy atom. The minimum absolute atomic E-state index is 0.00266. The van der Waals surface area contributed by atoms with Crippen LogP contribution in [0.1, 0.15) is 34.0 Å². The van der Waals surface area contributed by atoms with E-state index >= 15 is 0 Å². The minimum Gasteiger partial charge on any atom is -0.507 e. The van der Waals surface area contributed by atoms with Gasteiger partial charge in [0.15, 0.2) is 9.84 Å². The van der Waals surface area contributed by atoms with Crippen LogP contribution in [0.3, 0.4) is 0 Å². The zero-order valence-electron chi connectivity index (χ0n) is 13.7. The zero-order chi connectivity index (χ0) is 17.7. The van der Waals surface area contributed by atoms with Crippen molar-refractivity contribution in [1.29, 1.82) is 0 Å². The highest BCUT2D eigenvalue weighted by Crippen LogP contribution is 2.19. The zero-order valence-corrected chi connectivity index (χ0v) is 14.6. The van der Waals surface area contributed by atoms with Gasteiger partial charge < -0.3 is 10.4 Å². The number of hydrogen-bond acceptors (Lipinski definition) is 4. The van der Waals surface area contributed by atoms with Crippen LogP contribution >= 0.6 is 0 Å². The second kappa shape index (κ2) is 7.49. The molecule has 24 heavy (non-hydrogen) atoms. The molecule has 6 heteroatoms. The first kappa shape index (κ1) is 18.0. The van der Waals surface area contributed by atoms with Gasteiger partial charge in [-0.15, -0.1) is 0 Å². The maximum absolute atomic E-state index is 12.2. The van der Waals surface area contributed by atoms with E-state index in [2.05, 4.69) is 5.32 Å². The van der Waals surface area contributed by atoms with Crippen molar-refractivity contribution in [2.24, 2.45) is 0 Å². The molecule has 2 aromatic carbocycles. The summed E-state index contributed by atoms with van der Waals surface area (Å²) >= 11 is 0. The van der Waals surface area contributed by atoms with Gasteiger partial charge in [0.25, 0.3) is 5.91 Å². The molecule has 0 radical (unpaired) electrons. The van der Waals surface area contributed by atoms with Crippen molar-refractivity contribution in [1.82, 2.24) is 5.32 Å². The summed E-state index contributed by atoms with van der Waals surface area (Å²) in [5.74, 6) is -0.395. The number of carbonyl (C=O) groups is 1. The average Bonchev–Trinajstić information content (AvgIpc) is 2.53. The van der Waals surface area contributed by atoms with E-state index in [9.17, 15) is 18.3 Å². The number of benzene rings is 2. The molecular formula is C18H21NO4S. The van der Waals surface area contributed by atoms with Gasteiger partial charge in [-0.3, -0.25) is 4.79 Å². The Morgan fingerprint density at radius 3 is 2.21 bits per heavy atom. The third-order valence-electron chi connectivity index (χ3n) is 3.62. The van der Waals surface area contributed by atoms with E-state index < -0.39 is 9.84 Å². The lowest BCUT2D eigenvalue weighted by molar-refractivity contribution is 0.0948. The highest BCUT2D eigenvalue weighted by molar-refractivity contribution is 7.89. The molecule has 2 aromatic rings. The fraction of sp³-hybridized carbons (Fsp3) is 0.278. The molecule has 0 saturated carbocycles. The molecule has 0 heterocycles. The van der Waals surface area contributed by atoms with E-state index in [0.717, 1.165) is 17.5 Å². The smallest absolute Gasteiger partial charge is 0.255 e. The number of sulfone groups is 1. The second-order valence-electron chi connectivity index (χ2n) is 5.77. The Morgan fingerprint density at radius 2 is 1.62 bits per heavy atom. The maximum atomic E-state index is 12.2. The van der Waals surface area contributed by atoms with Gasteiger partial charge in [-0.25, -0.2) is 8.42 Å². The van der Waals surface area contributed by atoms with Gasteiger partial charge >= 0.3 is 0 Å². The van der Waals surface area contributed by atoms with E-state index in [0.29, 0.717) is 12.1 Å². The van der Waals surface area contributed by atoms with E-state index in [1.165, 1.54) is 12.3 Å². The summed E-state index contributed by atoms with van der Waals surface area (Å²) in [6, 6.07) is 12.0. The molecule has 0 fully saturated rings. The highest BCUT2D eigenvalue weighted by Gasteiger charge is 2.11. The fourth-order valence-electron chi connectivity index (χ4n) is 2.32.